The Balaban J connectivity index is 1.83. The molecule has 0 spiro atoms. The van der Waals surface area contributed by atoms with Crippen molar-refractivity contribution in [3.8, 4) is 0 Å². The second-order valence-corrected chi connectivity index (χ2v) is 7.49. The van der Waals surface area contributed by atoms with Gasteiger partial charge in [0, 0.05) is 30.9 Å². The number of amides is 1. The molecular weight excluding hydrogens is 368 g/mol. The predicted octanol–water partition coefficient (Wildman–Crippen LogP) is 4.15. The van der Waals surface area contributed by atoms with E-state index in [1.54, 1.807) is 12.3 Å². The van der Waals surface area contributed by atoms with Crippen LogP contribution in [-0.2, 0) is 4.79 Å². The number of carbonyl (C=O) groups is 1. The normalized spacial score (nSPS) is 15.8. The minimum absolute atomic E-state index is 0.192. The SMILES string of the molecule is CN(C)C=C1C(=O)N(c2nc3ccc(Cl)cc3s2)N=C1c1ccccc1. The summed E-state index contributed by atoms with van der Waals surface area (Å²) in [6, 6.07) is 15.2. The molecule has 0 N–H and O–H groups in total. The first-order valence-electron chi connectivity index (χ1n) is 7.96. The molecule has 0 saturated carbocycles. The minimum Gasteiger partial charge on any atom is -0.383 e. The molecule has 0 aliphatic carbocycles. The maximum Gasteiger partial charge on any atom is 0.284 e. The van der Waals surface area contributed by atoms with Gasteiger partial charge in [-0.2, -0.15) is 10.1 Å². The monoisotopic (exact) mass is 382 g/mol. The highest BCUT2D eigenvalue weighted by Gasteiger charge is 2.34. The Bertz CT molecular complexity index is 1060. The van der Waals surface area contributed by atoms with Gasteiger partial charge in [-0.3, -0.25) is 4.79 Å². The van der Waals surface area contributed by atoms with Gasteiger partial charge >= 0.3 is 0 Å². The molecule has 0 fully saturated rings. The maximum atomic E-state index is 13.0. The number of hydrazone groups is 1. The summed E-state index contributed by atoms with van der Waals surface area (Å²) in [7, 11) is 3.76. The van der Waals surface area contributed by atoms with Crippen molar-refractivity contribution < 1.29 is 4.79 Å². The first kappa shape index (κ1) is 16.8. The largest absolute Gasteiger partial charge is 0.383 e. The zero-order valence-corrected chi connectivity index (χ0v) is 15.8. The van der Waals surface area contributed by atoms with Crippen molar-refractivity contribution in [1.29, 1.82) is 0 Å². The lowest BCUT2D eigenvalue weighted by molar-refractivity contribution is -0.114. The van der Waals surface area contributed by atoms with Crippen LogP contribution in [-0.4, -0.2) is 35.6 Å². The molecule has 0 atom stereocenters. The Morgan fingerprint density at radius 2 is 1.92 bits per heavy atom. The average molecular weight is 383 g/mol. The van der Waals surface area contributed by atoms with E-state index in [0.717, 1.165) is 15.8 Å². The Hall–Kier alpha value is -2.70. The van der Waals surface area contributed by atoms with Crippen molar-refractivity contribution in [2.45, 2.75) is 0 Å². The lowest BCUT2D eigenvalue weighted by Gasteiger charge is -2.09. The molecule has 1 aromatic heterocycles. The number of fused-ring (bicyclic) bond motifs is 1. The van der Waals surface area contributed by atoms with Crippen LogP contribution in [0.2, 0.25) is 5.02 Å². The molecule has 0 bridgehead atoms. The van der Waals surface area contributed by atoms with E-state index in [2.05, 4.69) is 10.1 Å². The first-order valence-corrected chi connectivity index (χ1v) is 9.15. The van der Waals surface area contributed by atoms with E-state index >= 15 is 0 Å². The molecule has 0 unspecified atom stereocenters. The summed E-state index contributed by atoms with van der Waals surface area (Å²) >= 11 is 7.45. The van der Waals surface area contributed by atoms with Crippen molar-refractivity contribution >= 4 is 49.9 Å². The Labute approximate surface area is 159 Å². The van der Waals surface area contributed by atoms with Crippen LogP contribution in [0.15, 0.2) is 65.4 Å². The molecule has 1 aliphatic heterocycles. The number of nitrogens with zero attached hydrogens (tertiary/aromatic N) is 4. The molecule has 1 aliphatic rings. The third kappa shape index (κ3) is 2.98. The standard InChI is InChI=1S/C19H15ClN4OS/c1-23(2)11-14-17(12-6-4-3-5-7-12)22-24(18(14)25)19-21-15-9-8-13(20)10-16(15)26-19/h3-11H,1-2H3. The van der Waals surface area contributed by atoms with Crippen molar-refractivity contribution in [1.82, 2.24) is 9.88 Å². The second-order valence-electron chi connectivity index (χ2n) is 6.05. The third-order valence-electron chi connectivity index (χ3n) is 3.83. The highest BCUT2D eigenvalue weighted by molar-refractivity contribution is 7.22. The fraction of sp³-hybridized carbons (Fsp3) is 0.105. The van der Waals surface area contributed by atoms with Crippen LogP contribution >= 0.6 is 22.9 Å². The van der Waals surface area contributed by atoms with E-state index in [-0.39, 0.29) is 5.91 Å². The van der Waals surface area contributed by atoms with Crippen molar-refractivity contribution in [2.75, 3.05) is 19.1 Å². The number of hydrogen-bond acceptors (Lipinski definition) is 5. The number of carbonyl (C=O) groups excluding carboxylic acids is 1. The van der Waals surface area contributed by atoms with E-state index in [1.165, 1.54) is 16.3 Å². The zero-order valence-electron chi connectivity index (χ0n) is 14.2. The summed E-state index contributed by atoms with van der Waals surface area (Å²) in [6.45, 7) is 0. The fourth-order valence-corrected chi connectivity index (χ4v) is 3.90. The van der Waals surface area contributed by atoms with E-state index < -0.39 is 0 Å². The summed E-state index contributed by atoms with van der Waals surface area (Å²) in [5, 5.41) is 7.12. The van der Waals surface area contributed by atoms with Crippen LogP contribution in [0.25, 0.3) is 10.2 Å². The molecule has 1 amide bonds. The Morgan fingerprint density at radius 3 is 2.65 bits per heavy atom. The number of aromatic nitrogens is 1. The highest BCUT2D eigenvalue weighted by atomic mass is 35.5. The van der Waals surface area contributed by atoms with Gasteiger partial charge in [0.25, 0.3) is 5.91 Å². The number of rotatable bonds is 3. The molecule has 26 heavy (non-hydrogen) atoms. The molecule has 5 nitrogen and oxygen atoms in total. The van der Waals surface area contributed by atoms with Crippen LogP contribution in [0.4, 0.5) is 5.13 Å². The number of thiazole rings is 1. The van der Waals surface area contributed by atoms with Crippen LogP contribution in [0.3, 0.4) is 0 Å². The number of anilines is 1. The predicted molar refractivity (Wildman–Crippen MR) is 107 cm³/mol. The number of hydrogen-bond donors (Lipinski definition) is 0. The molecule has 2 heterocycles. The summed E-state index contributed by atoms with van der Waals surface area (Å²) in [6.07, 6.45) is 1.79. The molecule has 3 aromatic rings. The van der Waals surface area contributed by atoms with Gasteiger partial charge in [-0.1, -0.05) is 53.3 Å². The Morgan fingerprint density at radius 1 is 1.15 bits per heavy atom. The van der Waals surface area contributed by atoms with Crippen LogP contribution < -0.4 is 5.01 Å². The molecule has 7 heteroatoms. The Kier molecular flexibility index (Phi) is 4.22. The van der Waals surface area contributed by atoms with Gasteiger partial charge in [-0.05, 0) is 18.2 Å². The van der Waals surface area contributed by atoms with Crippen LogP contribution in [0, 0.1) is 0 Å². The number of halogens is 1. The zero-order chi connectivity index (χ0) is 18.3. The average Bonchev–Trinajstić information content (AvgIpc) is 3.17. The second kappa shape index (κ2) is 6.55. The van der Waals surface area contributed by atoms with Gasteiger partial charge in [0.1, 0.15) is 5.71 Å². The van der Waals surface area contributed by atoms with E-state index in [1.807, 2.05) is 61.5 Å². The fourth-order valence-electron chi connectivity index (χ4n) is 2.71. The molecule has 2 aromatic carbocycles. The van der Waals surface area contributed by atoms with Gasteiger partial charge in [-0.25, -0.2) is 4.98 Å². The maximum absolute atomic E-state index is 13.0. The first-order chi connectivity index (χ1) is 12.5. The summed E-state index contributed by atoms with van der Waals surface area (Å²) in [4.78, 5) is 19.4. The molecule has 0 radical (unpaired) electrons. The van der Waals surface area contributed by atoms with Gasteiger partial charge < -0.3 is 4.90 Å². The molecular formula is C19H15ClN4OS. The highest BCUT2D eigenvalue weighted by Crippen LogP contribution is 2.34. The smallest absolute Gasteiger partial charge is 0.284 e. The summed E-state index contributed by atoms with van der Waals surface area (Å²) in [5.41, 5.74) is 2.87. The van der Waals surface area contributed by atoms with Crippen molar-refractivity contribution in [3.05, 3.63) is 70.9 Å². The van der Waals surface area contributed by atoms with Crippen molar-refractivity contribution in [3.63, 3.8) is 0 Å². The van der Waals surface area contributed by atoms with Gasteiger partial charge in [0.2, 0.25) is 5.13 Å². The molecule has 0 saturated heterocycles. The topological polar surface area (TPSA) is 48.8 Å². The van der Waals surface area contributed by atoms with Gasteiger partial charge in [-0.15, -0.1) is 0 Å². The number of benzene rings is 2. The van der Waals surface area contributed by atoms with E-state index in [9.17, 15) is 4.79 Å². The van der Waals surface area contributed by atoms with Crippen LogP contribution in [0.5, 0.6) is 0 Å². The van der Waals surface area contributed by atoms with E-state index in [4.69, 9.17) is 11.6 Å². The molecule has 130 valence electrons. The minimum atomic E-state index is -0.192. The molecule has 4 rings (SSSR count). The third-order valence-corrected chi connectivity index (χ3v) is 5.06. The van der Waals surface area contributed by atoms with Gasteiger partial charge in [0.05, 0.1) is 15.8 Å². The quantitative estimate of drug-likeness (QED) is 0.639. The summed E-state index contributed by atoms with van der Waals surface area (Å²) < 4.78 is 0.918. The van der Waals surface area contributed by atoms with E-state index in [0.29, 0.717) is 21.4 Å². The lowest BCUT2D eigenvalue weighted by Crippen LogP contribution is -2.22. The van der Waals surface area contributed by atoms with Crippen molar-refractivity contribution in [2.24, 2.45) is 5.10 Å². The lowest BCUT2D eigenvalue weighted by atomic mass is 10.0. The summed E-state index contributed by atoms with van der Waals surface area (Å²) in [5.74, 6) is -0.192. The van der Waals surface area contributed by atoms with Crippen LogP contribution in [0.1, 0.15) is 5.56 Å². The van der Waals surface area contributed by atoms with Gasteiger partial charge in [0.15, 0.2) is 0 Å².